The van der Waals surface area contributed by atoms with Gasteiger partial charge in [0.05, 0.1) is 0 Å². The molecule has 6 aromatic rings. The molecule has 1 heterocycles. The van der Waals surface area contributed by atoms with E-state index in [-0.39, 0.29) is 0 Å². The fourth-order valence-corrected chi connectivity index (χ4v) is 6.45. The van der Waals surface area contributed by atoms with Crippen LogP contribution in [0.3, 0.4) is 0 Å². The van der Waals surface area contributed by atoms with E-state index in [2.05, 4.69) is 116 Å². The van der Waals surface area contributed by atoms with Crippen molar-refractivity contribution in [3.63, 3.8) is 0 Å². The summed E-state index contributed by atoms with van der Waals surface area (Å²) in [7, 11) is 0. The van der Waals surface area contributed by atoms with Crippen LogP contribution in [-0.2, 0) is 6.42 Å². The van der Waals surface area contributed by atoms with E-state index in [9.17, 15) is 0 Å². The van der Waals surface area contributed by atoms with Gasteiger partial charge in [0, 0.05) is 17.3 Å². The Kier molecular flexibility index (Phi) is 9.25. The van der Waals surface area contributed by atoms with E-state index in [0.717, 1.165) is 6.42 Å². The van der Waals surface area contributed by atoms with Crippen LogP contribution in [0.2, 0.25) is 0 Å². The maximum atomic E-state index is 4.83. The minimum absolute atomic E-state index is 1.08. The third-order valence-electron chi connectivity index (χ3n) is 8.84. The summed E-state index contributed by atoms with van der Waals surface area (Å²) in [5.74, 6) is 0. The molecule has 0 radical (unpaired) electrons. The van der Waals surface area contributed by atoms with Crippen molar-refractivity contribution in [2.75, 3.05) is 0 Å². The van der Waals surface area contributed by atoms with Gasteiger partial charge < -0.3 is 0 Å². The lowest BCUT2D eigenvalue weighted by Crippen LogP contribution is -1.91. The molecule has 1 heteroatoms. The van der Waals surface area contributed by atoms with Crippen molar-refractivity contribution < 1.29 is 0 Å². The van der Waals surface area contributed by atoms with Crippen LogP contribution in [0.5, 0.6) is 0 Å². The Hall–Kier alpha value is -3.97. The number of hydrogen-bond donors (Lipinski definition) is 0. The summed E-state index contributed by atoms with van der Waals surface area (Å²) in [5, 5.41) is 7.66. The second-order valence-corrected chi connectivity index (χ2v) is 11.9. The highest BCUT2D eigenvalue weighted by atomic mass is 14.7. The van der Waals surface area contributed by atoms with Gasteiger partial charge in [0.1, 0.15) is 0 Å². The predicted molar refractivity (Wildman–Crippen MR) is 183 cm³/mol. The number of pyridine rings is 1. The molecule has 0 amide bonds. The summed E-state index contributed by atoms with van der Waals surface area (Å²) < 4.78 is 0. The van der Waals surface area contributed by atoms with Gasteiger partial charge in [-0.05, 0) is 80.2 Å². The third-order valence-corrected chi connectivity index (χ3v) is 8.84. The van der Waals surface area contributed by atoms with Crippen LogP contribution in [0.15, 0.2) is 109 Å². The Morgan fingerprint density at radius 2 is 1.02 bits per heavy atom. The van der Waals surface area contributed by atoms with Crippen LogP contribution in [0.25, 0.3) is 54.6 Å². The molecule has 0 bridgehead atoms. The van der Waals surface area contributed by atoms with E-state index in [1.165, 1.54) is 124 Å². The van der Waals surface area contributed by atoms with E-state index in [1.54, 1.807) is 0 Å². The molecule has 0 aliphatic carbocycles. The first-order valence-corrected chi connectivity index (χ1v) is 16.2. The van der Waals surface area contributed by atoms with Crippen LogP contribution in [0.1, 0.15) is 76.8 Å². The summed E-state index contributed by atoms with van der Waals surface area (Å²) >= 11 is 0. The smallest absolute Gasteiger partial charge is 0.0410 e. The van der Waals surface area contributed by atoms with E-state index < -0.39 is 0 Å². The average molecular weight is 550 g/mol. The zero-order chi connectivity index (χ0) is 28.6. The lowest BCUT2D eigenvalue weighted by atomic mass is 9.91. The van der Waals surface area contributed by atoms with Gasteiger partial charge in [-0.25, -0.2) is 0 Å². The number of fused-ring (bicyclic) bond motifs is 3. The number of rotatable bonds is 13. The maximum absolute atomic E-state index is 4.83. The van der Waals surface area contributed by atoms with Crippen molar-refractivity contribution in [2.45, 2.75) is 77.6 Å². The first kappa shape index (κ1) is 28.2. The molecule has 212 valence electrons. The highest BCUT2D eigenvalue weighted by Crippen LogP contribution is 2.37. The molecule has 0 saturated carbocycles. The van der Waals surface area contributed by atoms with Crippen molar-refractivity contribution in [1.82, 2.24) is 4.98 Å². The number of benzene rings is 5. The van der Waals surface area contributed by atoms with E-state index in [0.29, 0.717) is 0 Å². The van der Waals surface area contributed by atoms with Crippen LogP contribution in [-0.4, -0.2) is 4.98 Å². The van der Waals surface area contributed by atoms with Gasteiger partial charge >= 0.3 is 0 Å². The van der Waals surface area contributed by atoms with Crippen LogP contribution in [0, 0.1) is 0 Å². The molecule has 6 rings (SSSR count). The largest absolute Gasteiger partial charge is 0.261 e. The number of hydrogen-bond acceptors (Lipinski definition) is 1. The van der Waals surface area contributed by atoms with Crippen molar-refractivity contribution >= 4 is 32.3 Å². The molecule has 0 aliphatic heterocycles. The van der Waals surface area contributed by atoms with Gasteiger partial charge in [0.25, 0.3) is 0 Å². The lowest BCUT2D eigenvalue weighted by molar-refractivity contribution is 0.555. The molecule has 1 nitrogen and oxygen atoms in total. The second kappa shape index (κ2) is 13.8. The van der Waals surface area contributed by atoms with E-state index in [4.69, 9.17) is 4.98 Å². The van der Waals surface area contributed by atoms with Crippen molar-refractivity contribution in [2.24, 2.45) is 0 Å². The monoisotopic (exact) mass is 549 g/mol. The molecule has 0 fully saturated rings. The average Bonchev–Trinajstić information content (AvgIpc) is 3.04. The van der Waals surface area contributed by atoms with Crippen molar-refractivity contribution in [1.29, 1.82) is 0 Å². The van der Waals surface area contributed by atoms with Gasteiger partial charge in [-0.1, -0.05) is 150 Å². The van der Waals surface area contributed by atoms with Gasteiger partial charge in [0.15, 0.2) is 0 Å². The van der Waals surface area contributed by atoms with E-state index in [1.807, 2.05) is 0 Å². The molecule has 42 heavy (non-hydrogen) atoms. The molecule has 5 aromatic carbocycles. The Morgan fingerprint density at radius 1 is 0.452 bits per heavy atom. The number of nitrogens with zero attached hydrogens (tertiary/aromatic N) is 1. The van der Waals surface area contributed by atoms with Crippen LogP contribution in [0.4, 0.5) is 0 Å². The topological polar surface area (TPSA) is 12.9 Å². The molecule has 0 atom stereocenters. The normalized spacial score (nSPS) is 11.5. The Morgan fingerprint density at radius 3 is 1.69 bits per heavy atom. The first-order chi connectivity index (χ1) is 20.8. The summed E-state index contributed by atoms with van der Waals surface area (Å²) in [6.45, 7) is 2.29. The van der Waals surface area contributed by atoms with Gasteiger partial charge in [-0.15, -0.1) is 0 Å². The zero-order valence-corrected chi connectivity index (χ0v) is 25.1. The maximum Gasteiger partial charge on any atom is 0.0410 e. The molecule has 0 saturated heterocycles. The summed E-state index contributed by atoms with van der Waals surface area (Å²) in [6, 6.07) is 37.9. The SMILES string of the molecule is CCCCCCCCCCCCc1cc2ccc(-c3ccc(-c4c5ccccc5cc5ccccc45)cc3)cc2cn1. The number of aromatic nitrogens is 1. The standard InChI is InChI=1S/C41H43N/c1-2-3-4-5-6-7-8-9-10-11-18-38-29-34-26-25-33(27-37(34)30-42-38)31-21-23-32(24-22-31)41-39-19-14-12-16-35(39)28-36-17-13-15-20-40(36)41/h12-17,19-30H,2-11,18H2,1H3. The van der Waals surface area contributed by atoms with Gasteiger partial charge in [-0.3, -0.25) is 4.98 Å². The molecule has 0 aliphatic rings. The number of aryl methyl sites for hydroxylation is 1. The fraction of sp³-hybridized carbons (Fsp3) is 0.293. The number of unbranched alkanes of at least 4 members (excludes halogenated alkanes) is 9. The van der Waals surface area contributed by atoms with Gasteiger partial charge in [0.2, 0.25) is 0 Å². The minimum Gasteiger partial charge on any atom is -0.261 e. The fourth-order valence-electron chi connectivity index (χ4n) is 6.45. The Balaban J connectivity index is 1.11. The van der Waals surface area contributed by atoms with Crippen LogP contribution >= 0.6 is 0 Å². The Bertz CT molecular complexity index is 1710. The highest BCUT2D eigenvalue weighted by Gasteiger charge is 2.10. The summed E-state index contributed by atoms with van der Waals surface area (Å²) in [6.07, 6.45) is 16.9. The predicted octanol–water partition coefficient (Wildman–Crippen LogP) is 12.3. The third kappa shape index (κ3) is 6.57. The van der Waals surface area contributed by atoms with Crippen molar-refractivity contribution in [3.8, 4) is 22.3 Å². The van der Waals surface area contributed by atoms with E-state index >= 15 is 0 Å². The molecule has 1 aromatic heterocycles. The summed E-state index contributed by atoms with van der Waals surface area (Å²) in [5.41, 5.74) is 6.26. The van der Waals surface area contributed by atoms with Crippen molar-refractivity contribution in [3.05, 3.63) is 115 Å². The second-order valence-electron chi connectivity index (χ2n) is 11.9. The first-order valence-electron chi connectivity index (χ1n) is 16.2. The Labute approximate surface area is 251 Å². The molecule has 0 unspecified atom stereocenters. The lowest BCUT2D eigenvalue weighted by Gasteiger charge is -2.13. The van der Waals surface area contributed by atoms with Gasteiger partial charge in [-0.2, -0.15) is 0 Å². The molecule has 0 spiro atoms. The highest BCUT2D eigenvalue weighted by molar-refractivity contribution is 6.12. The zero-order valence-electron chi connectivity index (χ0n) is 25.1. The quantitative estimate of drug-likeness (QED) is 0.103. The summed E-state index contributed by atoms with van der Waals surface area (Å²) in [4.78, 5) is 4.83. The minimum atomic E-state index is 1.08. The molecular weight excluding hydrogens is 506 g/mol. The molecular formula is C41H43N. The molecule has 0 N–H and O–H groups in total. The van der Waals surface area contributed by atoms with Crippen LogP contribution < -0.4 is 0 Å².